The Balaban J connectivity index is 1.49. The van der Waals surface area contributed by atoms with E-state index in [0.717, 1.165) is 11.1 Å². The summed E-state index contributed by atoms with van der Waals surface area (Å²) in [7, 11) is 1.62. The molecule has 3 aromatic rings. The van der Waals surface area contributed by atoms with Gasteiger partial charge in [-0.3, -0.25) is 9.59 Å². The Kier molecular flexibility index (Phi) is 3.72. The van der Waals surface area contributed by atoms with E-state index in [4.69, 9.17) is 4.52 Å². The number of benzene rings is 1. The third-order valence-electron chi connectivity index (χ3n) is 4.46. The van der Waals surface area contributed by atoms with E-state index in [1.165, 1.54) is 4.68 Å². The molecule has 0 spiro atoms. The average Bonchev–Trinajstić information content (AvgIpc) is 3.08. The van der Waals surface area contributed by atoms with Crippen molar-refractivity contribution >= 4 is 22.5 Å². The molecule has 25 heavy (non-hydrogen) atoms. The lowest BCUT2D eigenvalue weighted by Gasteiger charge is -2.35. The Morgan fingerprint density at radius 3 is 2.68 bits per heavy atom. The van der Waals surface area contributed by atoms with Gasteiger partial charge in [-0.15, -0.1) is 0 Å². The second-order valence-electron chi connectivity index (χ2n) is 5.98. The molecule has 8 heteroatoms. The first kappa shape index (κ1) is 15.4. The Morgan fingerprint density at radius 2 is 1.92 bits per heavy atom. The minimum atomic E-state index is -0.157. The molecule has 0 bridgehead atoms. The summed E-state index contributed by atoms with van der Waals surface area (Å²) >= 11 is 0. The van der Waals surface area contributed by atoms with Gasteiger partial charge in [0, 0.05) is 39.3 Å². The van der Waals surface area contributed by atoms with Gasteiger partial charge in [0.15, 0.2) is 0 Å². The van der Waals surface area contributed by atoms with E-state index in [0.29, 0.717) is 31.7 Å². The van der Waals surface area contributed by atoms with Crippen molar-refractivity contribution in [2.75, 3.05) is 31.1 Å². The van der Waals surface area contributed by atoms with Crippen LogP contribution in [0.5, 0.6) is 0 Å². The van der Waals surface area contributed by atoms with Crippen molar-refractivity contribution in [3.8, 4) is 0 Å². The SMILES string of the molecule is Cn1ncc(N2CCN(C(=O)c3onc4ccccc34)CC2)cc1=O. The number of piperazine rings is 1. The van der Waals surface area contributed by atoms with E-state index in [1.54, 1.807) is 24.2 Å². The van der Waals surface area contributed by atoms with Crippen LogP contribution >= 0.6 is 0 Å². The average molecular weight is 339 g/mol. The molecule has 1 amide bonds. The molecule has 4 rings (SSSR count). The number of aromatic nitrogens is 3. The van der Waals surface area contributed by atoms with Crippen LogP contribution in [0.3, 0.4) is 0 Å². The highest BCUT2D eigenvalue weighted by molar-refractivity contribution is 6.03. The topological polar surface area (TPSA) is 84.5 Å². The summed E-state index contributed by atoms with van der Waals surface area (Å²) < 4.78 is 6.55. The highest BCUT2D eigenvalue weighted by atomic mass is 16.5. The van der Waals surface area contributed by atoms with Crippen LogP contribution in [0.2, 0.25) is 0 Å². The molecule has 1 aromatic carbocycles. The molecular weight excluding hydrogens is 322 g/mol. The predicted molar refractivity (Wildman–Crippen MR) is 91.6 cm³/mol. The highest BCUT2D eigenvalue weighted by Crippen LogP contribution is 2.21. The Morgan fingerprint density at radius 1 is 1.16 bits per heavy atom. The van der Waals surface area contributed by atoms with Crippen LogP contribution in [0.4, 0.5) is 5.69 Å². The second-order valence-corrected chi connectivity index (χ2v) is 5.98. The fraction of sp³-hybridized carbons (Fsp3) is 0.294. The molecule has 0 N–H and O–H groups in total. The Labute approximate surface area is 143 Å². The molecule has 3 heterocycles. The van der Waals surface area contributed by atoms with Gasteiger partial charge in [0.2, 0.25) is 5.76 Å². The number of rotatable bonds is 2. The minimum Gasteiger partial charge on any atom is -0.367 e. The molecule has 1 fully saturated rings. The zero-order valence-electron chi connectivity index (χ0n) is 13.8. The van der Waals surface area contributed by atoms with E-state index in [1.807, 2.05) is 24.3 Å². The number of nitrogens with zero attached hydrogens (tertiary/aromatic N) is 5. The summed E-state index contributed by atoms with van der Waals surface area (Å²) in [5, 5.41) is 8.71. The van der Waals surface area contributed by atoms with Crippen LogP contribution in [0, 0.1) is 0 Å². The second kappa shape index (κ2) is 6.04. The summed E-state index contributed by atoms with van der Waals surface area (Å²) in [6.45, 7) is 2.35. The lowest BCUT2D eigenvalue weighted by Crippen LogP contribution is -2.49. The van der Waals surface area contributed by atoms with Gasteiger partial charge in [-0.05, 0) is 12.1 Å². The zero-order valence-corrected chi connectivity index (χ0v) is 13.8. The molecule has 2 aromatic heterocycles. The van der Waals surface area contributed by atoms with E-state index < -0.39 is 0 Å². The van der Waals surface area contributed by atoms with Crippen molar-refractivity contribution in [1.29, 1.82) is 0 Å². The number of anilines is 1. The monoisotopic (exact) mass is 339 g/mol. The molecule has 128 valence electrons. The molecule has 0 unspecified atom stereocenters. The van der Waals surface area contributed by atoms with Crippen molar-refractivity contribution in [2.24, 2.45) is 7.05 Å². The molecule has 1 saturated heterocycles. The van der Waals surface area contributed by atoms with Crippen molar-refractivity contribution < 1.29 is 9.32 Å². The summed E-state index contributed by atoms with van der Waals surface area (Å²) in [4.78, 5) is 28.2. The van der Waals surface area contributed by atoms with Crippen LogP contribution in [0.1, 0.15) is 10.6 Å². The number of carbonyl (C=O) groups excluding carboxylic acids is 1. The summed E-state index contributed by atoms with van der Waals surface area (Å²) in [5.74, 6) is 0.120. The van der Waals surface area contributed by atoms with Crippen molar-refractivity contribution in [1.82, 2.24) is 19.8 Å². The van der Waals surface area contributed by atoms with Gasteiger partial charge >= 0.3 is 0 Å². The van der Waals surface area contributed by atoms with Gasteiger partial charge in [-0.2, -0.15) is 5.10 Å². The van der Waals surface area contributed by atoms with E-state index in [9.17, 15) is 9.59 Å². The van der Waals surface area contributed by atoms with Crippen LogP contribution in [0.25, 0.3) is 10.9 Å². The molecular formula is C17H17N5O3. The number of hydrogen-bond donors (Lipinski definition) is 0. The lowest BCUT2D eigenvalue weighted by molar-refractivity contribution is 0.0707. The summed E-state index contributed by atoms with van der Waals surface area (Å²) in [6.07, 6.45) is 1.67. The van der Waals surface area contributed by atoms with Crippen molar-refractivity contribution in [3.63, 3.8) is 0 Å². The maximum Gasteiger partial charge on any atom is 0.293 e. The standard InChI is InChI=1S/C17H17N5O3/c1-20-15(23)10-12(11-18-20)21-6-8-22(9-7-21)17(24)16-13-4-2-3-5-14(13)19-25-16/h2-5,10-11H,6-9H2,1H3. The normalized spacial score (nSPS) is 14.9. The first-order valence-corrected chi connectivity index (χ1v) is 8.05. The Hall–Kier alpha value is -3.16. The van der Waals surface area contributed by atoms with Gasteiger partial charge in [0.1, 0.15) is 5.52 Å². The number of carbonyl (C=O) groups is 1. The molecule has 1 aliphatic heterocycles. The summed E-state index contributed by atoms with van der Waals surface area (Å²) in [6, 6.07) is 8.93. The third kappa shape index (κ3) is 2.75. The largest absolute Gasteiger partial charge is 0.367 e. The number of aryl methyl sites for hydroxylation is 1. The van der Waals surface area contributed by atoms with Gasteiger partial charge in [-0.25, -0.2) is 4.68 Å². The zero-order chi connectivity index (χ0) is 17.4. The van der Waals surface area contributed by atoms with E-state index >= 15 is 0 Å². The van der Waals surface area contributed by atoms with Crippen molar-refractivity contribution in [2.45, 2.75) is 0 Å². The first-order valence-electron chi connectivity index (χ1n) is 8.05. The summed E-state index contributed by atoms with van der Waals surface area (Å²) in [5.41, 5.74) is 1.31. The number of hydrogen-bond acceptors (Lipinski definition) is 6. The van der Waals surface area contributed by atoms with Gasteiger partial charge in [0.05, 0.1) is 17.3 Å². The quantitative estimate of drug-likeness (QED) is 0.689. The molecule has 0 saturated carbocycles. The third-order valence-corrected chi connectivity index (χ3v) is 4.46. The molecule has 8 nitrogen and oxygen atoms in total. The van der Waals surface area contributed by atoms with Crippen LogP contribution in [0.15, 0.2) is 45.8 Å². The van der Waals surface area contributed by atoms with Gasteiger partial charge in [-0.1, -0.05) is 17.3 Å². The van der Waals surface area contributed by atoms with Crippen LogP contribution in [-0.4, -0.2) is 51.9 Å². The van der Waals surface area contributed by atoms with Crippen LogP contribution in [-0.2, 0) is 7.05 Å². The van der Waals surface area contributed by atoms with E-state index in [-0.39, 0.29) is 17.2 Å². The number of fused-ring (bicyclic) bond motifs is 1. The fourth-order valence-electron chi connectivity index (χ4n) is 2.99. The molecule has 0 aliphatic carbocycles. The maximum absolute atomic E-state index is 12.7. The van der Waals surface area contributed by atoms with Crippen LogP contribution < -0.4 is 10.5 Å². The van der Waals surface area contributed by atoms with E-state index in [2.05, 4.69) is 15.2 Å². The smallest absolute Gasteiger partial charge is 0.293 e. The van der Waals surface area contributed by atoms with Gasteiger partial charge < -0.3 is 14.3 Å². The predicted octanol–water partition coefficient (Wildman–Crippen LogP) is 0.884. The highest BCUT2D eigenvalue weighted by Gasteiger charge is 2.26. The molecule has 0 atom stereocenters. The molecule has 1 aliphatic rings. The minimum absolute atomic E-state index is 0.149. The molecule has 0 radical (unpaired) electrons. The van der Waals surface area contributed by atoms with Crippen molar-refractivity contribution in [3.05, 3.63) is 52.6 Å². The van der Waals surface area contributed by atoms with Gasteiger partial charge in [0.25, 0.3) is 11.5 Å². The Bertz CT molecular complexity index is 985. The lowest BCUT2D eigenvalue weighted by atomic mass is 10.2. The fourth-order valence-corrected chi connectivity index (χ4v) is 2.99. The first-order chi connectivity index (χ1) is 12.1. The maximum atomic E-state index is 12.7. The number of amides is 1.